The molecule has 0 aliphatic carbocycles. The molecule has 0 bridgehead atoms. The number of oxazole rings is 1. The van der Waals surface area contributed by atoms with Crippen LogP contribution in [0.25, 0.3) is 22.6 Å². The van der Waals surface area contributed by atoms with E-state index in [4.69, 9.17) is 9.15 Å². The number of hydrogen-bond acceptors (Lipinski definition) is 5. The minimum atomic E-state index is -0.386. The summed E-state index contributed by atoms with van der Waals surface area (Å²) in [5.41, 5.74) is 3.84. The van der Waals surface area contributed by atoms with Crippen molar-refractivity contribution in [1.29, 1.82) is 0 Å². The molecule has 1 unspecified atom stereocenters. The van der Waals surface area contributed by atoms with Gasteiger partial charge in [-0.2, -0.15) is 0 Å². The van der Waals surface area contributed by atoms with Gasteiger partial charge in [-0.1, -0.05) is 18.2 Å². The molecule has 7 heteroatoms. The fourth-order valence-corrected chi connectivity index (χ4v) is 3.62. The van der Waals surface area contributed by atoms with Gasteiger partial charge in [0.05, 0.1) is 0 Å². The number of carbonyl (C=O) groups excluding carboxylic acids is 2. The highest BCUT2D eigenvalue weighted by molar-refractivity contribution is 6.06. The van der Waals surface area contributed by atoms with E-state index in [2.05, 4.69) is 15.6 Å². The molecule has 0 spiro atoms. The Hall–Kier alpha value is -3.97. The molecule has 160 valence electrons. The Kier molecular flexibility index (Phi) is 5.39. The van der Waals surface area contributed by atoms with Gasteiger partial charge in [0, 0.05) is 29.1 Å². The summed E-state index contributed by atoms with van der Waals surface area (Å²) < 4.78 is 11.2. The zero-order valence-electron chi connectivity index (χ0n) is 17.2. The number of carbonyl (C=O) groups is 2. The van der Waals surface area contributed by atoms with E-state index in [1.807, 2.05) is 30.3 Å². The smallest absolute Gasteiger partial charge is 0.255 e. The molecule has 1 saturated heterocycles. The number of aromatic nitrogens is 1. The first-order chi connectivity index (χ1) is 15.7. The highest BCUT2D eigenvalue weighted by Gasteiger charge is 2.23. The van der Waals surface area contributed by atoms with Crippen LogP contribution in [0.4, 0.5) is 11.4 Å². The summed E-state index contributed by atoms with van der Waals surface area (Å²) in [5, 5.41) is 5.69. The Bertz CT molecular complexity index is 1260. The van der Waals surface area contributed by atoms with E-state index in [1.54, 1.807) is 42.5 Å². The Labute approximate surface area is 184 Å². The maximum atomic E-state index is 12.7. The van der Waals surface area contributed by atoms with E-state index >= 15 is 0 Å². The van der Waals surface area contributed by atoms with Gasteiger partial charge in [-0.15, -0.1) is 0 Å². The number of fused-ring (bicyclic) bond motifs is 1. The third-order valence-electron chi connectivity index (χ3n) is 5.30. The van der Waals surface area contributed by atoms with Crippen molar-refractivity contribution < 1.29 is 18.7 Å². The van der Waals surface area contributed by atoms with E-state index in [9.17, 15) is 9.59 Å². The number of benzene rings is 3. The van der Waals surface area contributed by atoms with Crippen LogP contribution in [0.3, 0.4) is 0 Å². The number of anilines is 2. The second-order valence-electron chi connectivity index (χ2n) is 7.59. The Morgan fingerprint density at radius 3 is 2.38 bits per heavy atom. The number of amides is 2. The fraction of sp³-hybridized carbons (Fsp3) is 0.160. The molecule has 2 amide bonds. The van der Waals surface area contributed by atoms with Crippen molar-refractivity contribution in [3.8, 4) is 11.5 Å². The molecule has 5 rings (SSSR count). The average Bonchev–Trinajstić information content (AvgIpc) is 3.51. The van der Waals surface area contributed by atoms with Gasteiger partial charge in [0.15, 0.2) is 5.58 Å². The molecule has 2 heterocycles. The first-order valence-electron chi connectivity index (χ1n) is 10.5. The van der Waals surface area contributed by atoms with Crippen molar-refractivity contribution in [2.24, 2.45) is 0 Å². The molecule has 0 saturated carbocycles. The number of hydrogen-bond donors (Lipinski definition) is 2. The molecule has 1 aliphatic rings. The number of ether oxygens (including phenoxy) is 1. The Morgan fingerprint density at radius 1 is 0.906 bits per heavy atom. The van der Waals surface area contributed by atoms with E-state index in [0.29, 0.717) is 40.5 Å². The van der Waals surface area contributed by atoms with Crippen LogP contribution in [0.1, 0.15) is 23.2 Å². The van der Waals surface area contributed by atoms with Crippen LogP contribution in [0.2, 0.25) is 0 Å². The number of rotatable bonds is 5. The lowest BCUT2D eigenvalue weighted by atomic mass is 10.2. The quantitative estimate of drug-likeness (QED) is 0.474. The molecular formula is C25H21N3O4. The van der Waals surface area contributed by atoms with Gasteiger partial charge in [0.25, 0.3) is 11.8 Å². The van der Waals surface area contributed by atoms with E-state index < -0.39 is 0 Å². The summed E-state index contributed by atoms with van der Waals surface area (Å²) in [5.74, 6) is 0.106. The van der Waals surface area contributed by atoms with Crippen molar-refractivity contribution in [2.75, 3.05) is 17.2 Å². The van der Waals surface area contributed by atoms with Gasteiger partial charge >= 0.3 is 0 Å². The maximum Gasteiger partial charge on any atom is 0.255 e. The Morgan fingerprint density at radius 2 is 1.66 bits per heavy atom. The lowest BCUT2D eigenvalue weighted by Gasteiger charge is -2.11. The van der Waals surface area contributed by atoms with Crippen LogP contribution < -0.4 is 10.6 Å². The summed E-state index contributed by atoms with van der Waals surface area (Å²) in [4.78, 5) is 29.3. The third-order valence-corrected chi connectivity index (χ3v) is 5.30. The lowest BCUT2D eigenvalue weighted by molar-refractivity contribution is -0.124. The van der Waals surface area contributed by atoms with Crippen LogP contribution in [-0.2, 0) is 9.53 Å². The second-order valence-corrected chi connectivity index (χ2v) is 7.59. The summed E-state index contributed by atoms with van der Waals surface area (Å²) in [6, 6.07) is 21.7. The van der Waals surface area contributed by atoms with E-state index in [0.717, 1.165) is 18.4 Å². The third kappa shape index (κ3) is 4.24. The van der Waals surface area contributed by atoms with Gasteiger partial charge in [0.2, 0.25) is 5.89 Å². The summed E-state index contributed by atoms with van der Waals surface area (Å²) in [6.45, 7) is 0.622. The average molecular weight is 427 g/mol. The molecule has 4 aromatic rings. The molecule has 1 fully saturated rings. The summed E-state index contributed by atoms with van der Waals surface area (Å²) >= 11 is 0. The molecule has 2 N–H and O–H groups in total. The first-order valence-corrected chi connectivity index (χ1v) is 10.5. The van der Waals surface area contributed by atoms with Gasteiger partial charge < -0.3 is 19.8 Å². The highest BCUT2D eigenvalue weighted by Crippen LogP contribution is 2.25. The normalized spacial score (nSPS) is 15.6. The highest BCUT2D eigenvalue weighted by atomic mass is 16.5. The lowest BCUT2D eigenvalue weighted by Crippen LogP contribution is -2.26. The summed E-state index contributed by atoms with van der Waals surface area (Å²) in [6.07, 6.45) is 1.25. The fourth-order valence-electron chi connectivity index (χ4n) is 3.62. The number of nitrogens with zero attached hydrogens (tertiary/aromatic N) is 1. The van der Waals surface area contributed by atoms with Gasteiger partial charge in [0.1, 0.15) is 11.6 Å². The van der Waals surface area contributed by atoms with Crippen molar-refractivity contribution in [3.63, 3.8) is 0 Å². The minimum absolute atomic E-state index is 0.144. The molecule has 1 aromatic heterocycles. The van der Waals surface area contributed by atoms with Gasteiger partial charge in [-0.25, -0.2) is 4.98 Å². The molecule has 1 atom stereocenters. The van der Waals surface area contributed by atoms with Crippen LogP contribution >= 0.6 is 0 Å². The van der Waals surface area contributed by atoms with Crippen molar-refractivity contribution in [2.45, 2.75) is 18.9 Å². The summed E-state index contributed by atoms with van der Waals surface area (Å²) in [7, 11) is 0. The monoisotopic (exact) mass is 427 g/mol. The van der Waals surface area contributed by atoms with E-state index in [1.165, 1.54) is 0 Å². The molecule has 1 aliphatic heterocycles. The predicted molar refractivity (Wildman–Crippen MR) is 121 cm³/mol. The van der Waals surface area contributed by atoms with Crippen LogP contribution in [0.15, 0.2) is 77.2 Å². The second kappa shape index (κ2) is 8.64. The zero-order valence-corrected chi connectivity index (χ0v) is 17.2. The molecule has 3 aromatic carbocycles. The largest absolute Gasteiger partial charge is 0.436 e. The van der Waals surface area contributed by atoms with Crippen molar-refractivity contribution in [3.05, 3.63) is 78.4 Å². The standard InChI is InChI=1S/C25H21N3O4/c29-23(26-18-9-11-19(12-10-18)27-24(30)21-7-4-14-31-21)17-8-13-20-22(15-17)32-25(28-20)16-5-2-1-3-6-16/h1-3,5-6,8-13,15,21H,4,7,14H2,(H,26,29)(H,27,30). The minimum Gasteiger partial charge on any atom is -0.436 e. The van der Waals surface area contributed by atoms with Gasteiger partial charge in [-0.3, -0.25) is 9.59 Å². The van der Waals surface area contributed by atoms with Crippen molar-refractivity contribution >= 4 is 34.3 Å². The molecule has 32 heavy (non-hydrogen) atoms. The predicted octanol–water partition coefficient (Wildman–Crippen LogP) is 4.86. The van der Waals surface area contributed by atoms with Crippen molar-refractivity contribution in [1.82, 2.24) is 4.98 Å². The van der Waals surface area contributed by atoms with E-state index in [-0.39, 0.29) is 17.9 Å². The van der Waals surface area contributed by atoms with Gasteiger partial charge in [-0.05, 0) is 67.4 Å². The van der Waals surface area contributed by atoms with Crippen LogP contribution in [0.5, 0.6) is 0 Å². The van der Waals surface area contributed by atoms with Crippen LogP contribution in [0, 0.1) is 0 Å². The topological polar surface area (TPSA) is 93.5 Å². The molecule has 7 nitrogen and oxygen atoms in total. The van der Waals surface area contributed by atoms with Crippen LogP contribution in [-0.4, -0.2) is 29.5 Å². The molecule has 0 radical (unpaired) electrons. The SMILES string of the molecule is O=C(Nc1ccc(NC(=O)C2CCCO2)cc1)c1ccc2nc(-c3ccccc3)oc2c1. The molecular weight excluding hydrogens is 406 g/mol. The number of nitrogens with one attached hydrogen (secondary N) is 2. The zero-order chi connectivity index (χ0) is 21.9. The maximum absolute atomic E-state index is 12.7. The Balaban J connectivity index is 1.26. The first kappa shape index (κ1) is 20.0.